The van der Waals surface area contributed by atoms with Crippen molar-refractivity contribution in [2.24, 2.45) is 5.92 Å². The van der Waals surface area contributed by atoms with Gasteiger partial charge in [-0.1, -0.05) is 0 Å². The Kier molecular flexibility index (Phi) is 6.26. The predicted octanol–water partition coefficient (Wildman–Crippen LogP) is 1.52. The van der Waals surface area contributed by atoms with Crippen molar-refractivity contribution in [1.82, 2.24) is 4.90 Å². The van der Waals surface area contributed by atoms with E-state index in [9.17, 15) is 14.7 Å². The standard InChI is InChI=1S/C22H30N2O6/c1-24(2)20(26)11-15-10-17-16-9-13(23-22(27)21(17)19(12-25)30-15)3-4-18(16)29-14-5-7-28-8-6-14/h3-4,9,14-15,17,19,21,25H,5-8,10-12H2,1-2H3,(H,23,27)/t15-,17-,19-,21+/m0/s1. The highest BCUT2D eigenvalue weighted by Crippen LogP contribution is 2.46. The minimum absolute atomic E-state index is 0.0411. The molecule has 2 saturated heterocycles. The van der Waals surface area contributed by atoms with E-state index in [2.05, 4.69) is 5.32 Å². The fourth-order valence-corrected chi connectivity index (χ4v) is 4.64. The lowest BCUT2D eigenvalue weighted by molar-refractivity contribution is -0.150. The third-order valence-corrected chi connectivity index (χ3v) is 6.24. The number of fused-ring (bicyclic) bond motifs is 4. The first-order valence-electron chi connectivity index (χ1n) is 10.6. The van der Waals surface area contributed by atoms with Crippen molar-refractivity contribution in [2.45, 2.75) is 49.9 Å². The minimum Gasteiger partial charge on any atom is -0.490 e. The Morgan fingerprint density at radius 3 is 2.77 bits per heavy atom. The van der Waals surface area contributed by atoms with Gasteiger partial charge in [0.25, 0.3) is 0 Å². The van der Waals surface area contributed by atoms with Gasteiger partial charge >= 0.3 is 0 Å². The van der Waals surface area contributed by atoms with Crippen LogP contribution in [0.15, 0.2) is 18.2 Å². The number of aliphatic hydroxyl groups is 1. The van der Waals surface area contributed by atoms with Crippen LogP contribution in [0.2, 0.25) is 0 Å². The van der Waals surface area contributed by atoms with Crippen molar-refractivity contribution in [1.29, 1.82) is 0 Å². The van der Waals surface area contributed by atoms with Crippen LogP contribution in [0, 0.1) is 5.92 Å². The van der Waals surface area contributed by atoms with Gasteiger partial charge in [-0.05, 0) is 24.6 Å². The molecule has 0 spiro atoms. The monoisotopic (exact) mass is 418 g/mol. The average Bonchev–Trinajstić information content (AvgIpc) is 2.85. The zero-order valence-electron chi connectivity index (χ0n) is 17.5. The second-order valence-electron chi connectivity index (χ2n) is 8.51. The van der Waals surface area contributed by atoms with Crippen LogP contribution in [0.5, 0.6) is 5.75 Å². The number of amides is 2. The summed E-state index contributed by atoms with van der Waals surface area (Å²) in [5, 5.41) is 12.9. The molecule has 4 rings (SSSR count). The van der Waals surface area contributed by atoms with E-state index in [4.69, 9.17) is 14.2 Å². The van der Waals surface area contributed by atoms with E-state index in [-0.39, 0.29) is 43.0 Å². The van der Waals surface area contributed by atoms with Gasteiger partial charge in [-0.25, -0.2) is 0 Å². The second-order valence-corrected chi connectivity index (χ2v) is 8.51. The molecule has 0 aliphatic carbocycles. The van der Waals surface area contributed by atoms with Crippen LogP contribution >= 0.6 is 0 Å². The number of benzene rings is 1. The molecule has 0 saturated carbocycles. The van der Waals surface area contributed by atoms with Crippen molar-refractivity contribution in [2.75, 3.05) is 39.2 Å². The summed E-state index contributed by atoms with van der Waals surface area (Å²) in [4.78, 5) is 26.8. The number of nitrogens with one attached hydrogen (secondary N) is 1. The molecular formula is C22H30N2O6. The Labute approximate surface area is 176 Å². The molecule has 1 aromatic rings. The molecule has 0 radical (unpaired) electrons. The van der Waals surface area contributed by atoms with Crippen LogP contribution in [0.3, 0.4) is 0 Å². The molecule has 8 nitrogen and oxygen atoms in total. The molecule has 4 atom stereocenters. The van der Waals surface area contributed by atoms with Gasteiger partial charge in [0.05, 0.1) is 44.4 Å². The van der Waals surface area contributed by atoms with Gasteiger partial charge < -0.3 is 29.5 Å². The second kappa shape index (κ2) is 8.91. The maximum Gasteiger partial charge on any atom is 0.230 e. The molecule has 164 valence electrons. The van der Waals surface area contributed by atoms with E-state index >= 15 is 0 Å². The number of nitrogens with zero attached hydrogens (tertiary/aromatic N) is 1. The van der Waals surface area contributed by atoms with Gasteiger partial charge in [0.15, 0.2) is 0 Å². The Hall–Kier alpha value is -2.16. The zero-order valence-corrected chi connectivity index (χ0v) is 17.5. The molecular weight excluding hydrogens is 388 g/mol. The summed E-state index contributed by atoms with van der Waals surface area (Å²) in [5.74, 6) is -0.200. The first-order valence-corrected chi connectivity index (χ1v) is 10.6. The number of rotatable bonds is 5. The van der Waals surface area contributed by atoms with Gasteiger partial charge in [-0.2, -0.15) is 0 Å². The smallest absolute Gasteiger partial charge is 0.230 e. The van der Waals surface area contributed by atoms with Gasteiger partial charge in [0, 0.05) is 44.1 Å². The normalized spacial score (nSPS) is 28.8. The van der Waals surface area contributed by atoms with E-state index in [0.29, 0.717) is 25.3 Å². The number of carbonyl (C=O) groups is 2. The third-order valence-electron chi connectivity index (χ3n) is 6.24. The largest absolute Gasteiger partial charge is 0.490 e. The lowest BCUT2D eigenvalue weighted by Crippen LogP contribution is -2.48. The highest BCUT2D eigenvalue weighted by molar-refractivity contribution is 5.95. The number of ether oxygens (including phenoxy) is 3. The Balaban J connectivity index is 1.64. The van der Waals surface area contributed by atoms with Crippen LogP contribution in [0.4, 0.5) is 5.69 Å². The van der Waals surface area contributed by atoms with Gasteiger partial charge in [-0.15, -0.1) is 0 Å². The summed E-state index contributed by atoms with van der Waals surface area (Å²) >= 11 is 0. The number of hydrogen-bond acceptors (Lipinski definition) is 6. The fraction of sp³-hybridized carbons (Fsp3) is 0.636. The highest BCUT2D eigenvalue weighted by Gasteiger charge is 2.46. The number of carbonyl (C=O) groups excluding carboxylic acids is 2. The van der Waals surface area contributed by atoms with E-state index in [1.165, 1.54) is 4.90 Å². The van der Waals surface area contributed by atoms with Crippen LogP contribution in [0.25, 0.3) is 0 Å². The molecule has 2 bridgehead atoms. The first kappa shape index (κ1) is 21.1. The quantitative estimate of drug-likeness (QED) is 0.753. The molecule has 3 aliphatic heterocycles. The topological polar surface area (TPSA) is 97.3 Å². The van der Waals surface area contributed by atoms with Crippen molar-refractivity contribution in [3.8, 4) is 5.75 Å². The van der Waals surface area contributed by atoms with Crippen LogP contribution in [0.1, 0.15) is 37.2 Å². The Bertz CT molecular complexity index is 792. The summed E-state index contributed by atoms with van der Waals surface area (Å²) < 4.78 is 17.8. The molecule has 2 N–H and O–H groups in total. The fourth-order valence-electron chi connectivity index (χ4n) is 4.64. The van der Waals surface area contributed by atoms with E-state index in [1.807, 2.05) is 18.2 Å². The SMILES string of the molecule is CN(C)C(=O)C[C@@H]1C[C@H]2c3cc(ccc3OC3CCOCC3)NC(=O)[C@H]2[C@H](CO)O1. The zero-order chi connectivity index (χ0) is 21.3. The summed E-state index contributed by atoms with van der Waals surface area (Å²) in [6, 6.07) is 5.71. The van der Waals surface area contributed by atoms with Crippen molar-refractivity contribution >= 4 is 17.5 Å². The summed E-state index contributed by atoms with van der Waals surface area (Å²) in [6.07, 6.45) is 1.42. The molecule has 3 aliphatic rings. The maximum atomic E-state index is 13.0. The number of aliphatic hydroxyl groups excluding tert-OH is 1. The number of anilines is 1. The van der Waals surface area contributed by atoms with E-state index < -0.39 is 12.0 Å². The predicted molar refractivity (Wildman–Crippen MR) is 109 cm³/mol. The molecule has 30 heavy (non-hydrogen) atoms. The molecule has 1 aromatic carbocycles. The molecule has 3 heterocycles. The van der Waals surface area contributed by atoms with E-state index in [0.717, 1.165) is 24.2 Å². The minimum atomic E-state index is -0.672. The maximum absolute atomic E-state index is 13.0. The van der Waals surface area contributed by atoms with Gasteiger partial charge in [0.2, 0.25) is 11.8 Å². The Morgan fingerprint density at radius 1 is 1.30 bits per heavy atom. The Morgan fingerprint density at radius 2 is 2.07 bits per heavy atom. The summed E-state index contributed by atoms with van der Waals surface area (Å²) in [6.45, 7) is 1.08. The average molecular weight is 418 g/mol. The van der Waals surface area contributed by atoms with Crippen LogP contribution in [-0.2, 0) is 19.1 Å². The van der Waals surface area contributed by atoms with E-state index in [1.54, 1.807) is 14.1 Å². The molecule has 2 amide bonds. The highest BCUT2D eigenvalue weighted by atomic mass is 16.5. The third kappa shape index (κ3) is 4.31. The molecule has 0 unspecified atom stereocenters. The summed E-state index contributed by atoms with van der Waals surface area (Å²) in [7, 11) is 3.42. The van der Waals surface area contributed by atoms with Crippen molar-refractivity contribution in [3.63, 3.8) is 0 Å². The molecule has 8 heteroatoms. The van der Waals surface area contributed by atoms with Gasteiger partial charge in [0.1, 0.15) is 11.9 Å². The van der Waals surface area contributed by atoms with Crippen molar-refractivity contribution in [3.05, 3.63) is 23.8 Å². The van der Waals surface area contributed by atoms with Gasteiger partial charge in [-0.3, -0.25) is 9.59 Å². The van der Waals surface area contributed by atoms with Crippen LogP contribution in [-0.4, -0.2) is 74.0 Å². The first-order chi connectivity index (χ1) is 14.5. The molecule has 0 aromatic heterocycles. The molecule has 2 fully saturated rings. The lowest BCUT2D eigenvalue weighted by atomic mass is 9.76. The summed E-state index contributed by atoms with van der Waals surface area (Å²) in [5.41, 5.74) is 1.65. The lowest BCUT2D eigenvalue weighted by Gasteiger charge is -2.40. The van der Waals surface area contributed by atoms with Crippen LogP contribution < -0.4 is 10.1 Å². The number of hydrogen-bond donors (Lipinski definition) is 2. The van der Waals surface area contributed by atoms with Crippen molar-refractivity contribution < 1.29 is 28.9 Å².